The summed E-state index contributed by atoms with van der Waals surface area (Å²) in [5.41, 5.74) is 1.27. The number of nitrogens with one attached hydrogen (secondary N) is 1. The summed E-state index contributed by atoms with van der Waals surface area (Å²) in [6.45, 7) is 3.23. The number of nitrogens with zero attached hydrogens (tertiary/aromatic N) is 1. The number of rotatable bonds is 6. The van der Waals surface area contributed by atoms with Crippen LogP contribution in [0.25, 0.3) is 0 Å². The Balaban J connectivity index is 2.06. The van der Waals surface area contributed by atoms with Crippen molar-refractivity contribution in [3.05, 3.63) is 82.6 Å². The van der Waals surface area contributed by atoms with Gasteiger partial charge in [0.1, 0.15) is 5.82 Å². The predicted octanol–water partition coefficient (Wildman–Crippen LogP) is 4.72. The van der Waals surface area contributed by atoms with Crippen molar-refractivity contribution in [1.29, 1.82) is 0 Å². The first-order valence-corrected chi connectivity index (χ1v) is 12.4. The zero-order valence-corrected chi connectivity index (χ0v) is 19.3. The Morgan fingerprint density at radius 1 is 0.871 bits per heavy atom. The van der Waals surface area contributed by atoms with Gasteiger partial charge in [0.2, 0.25) is 0 Å². The van der Waals surface area contributed by atoms with E-state index in [1.807, 2.05) is 0 Å². The van der Waals surface area contributed by atoms with Crippen LogP contribution in [-0.2, 0) is 20.0 Å². The molecule has 0 amide bonds. The number of halogens is 2. The van der Waals surface area contributed by atoms with Crippen LogP contribution in [0.3, 0.4) is 0 Å². The van der Waals surface area contributed by atoms with E-state index in [9.17, 15) is 21.2 Å². The Bertz CT molecular complexity index is 1330. The number of aryl methyl sites for hydroxylation is 1. The highest BCUT2D eigenvalue weighted by molar-refractivity contribution is 7.93. The maximum absolute atomic E-state index is 13.1. The second-order valence-electron chi connectivity index (χ2n) is 6.89. The highest BCUT2D eigenvalue weighted by Crippen LogP contribution is 2.33. The third-order valence-electron chi connectivity index (χ3n) is 4.76. The van der Waals surface area contributed by atoms with Gasteiger partial charge in [-0.15, -0.1) is 0 Å². The van der Waals surface area contributed by atoms with Gasteiger partial charge in [0.05, 0.1) is 15.5 Å². The molecule has 0 spiro atoms. The first-order chi connectivity index (χ1) is 14.4. The van der Waals surface area contributed by atoms with Crippen LogP contribution in [0.1, 0.15) is 11.1 Å². The summed E-state index contributed by atoms with van der Waals surface area (Å²) in [5.74, 6) is -0.495. The average Bonchev–Trinajstić information content (AvgIpc) is 2.69. The largest absolute Gasteiger partial charge is 0.280 e. The van der Waals surface area contributed by atoms with Gasteiger partial charge in [0, 0.05) is 17.8 Å². The van der Waals surface area contributed by atoms with Gasteiger partial charge in [0.15, 0.2) is 0 Å². The van der Waals surface area contributed by atoms with Crippen LogP contribution in [0.5, 0.6) is 0 Å². The van der Waals surface area contributed by atoms with E-state index < -0.39 is 25.9 Å². The van der Waals surface area contributed by atoms with Crippen LogP contribution >= 0.6 is 11.6 Å². The lowest BCUT2D eigenvalue weighted by Crippen LogP contribution is -2.28. The van der Waals surface area contributed by atoms with Crippen molar-refractivity contribution in [2.24, 2.45) is 0 Å². The number of sulfonamides is 2. The Labute approximate surface area is 186 Å². The molecule has 0 heterocycles. The topological polar surface area (TPSA) is 83.6 Å². The fourth-order valence-electron chi connectivity index (χ4n) is 3.21. The summed E-state index contributed by atoms with van der Waals surface area (Å²) >= 11 is 5.85. The molecule has 0 aliphatic rings. The van der Waals surface area contributed by atoms with Gasteiger partial charge in [-0.3, -0.25) is 9.03 Å². The van der Waals surface area contributed by atoms with Crippen molar-refractivity contribution >= 4 is 43.0 Å². The molecule has 0 fully saturated rings. The summed E-state index contributed by atoms with van der Waals surface area (Å²) < 4.78 is 68.7. The highest BCUT2D eigenvalue weighted by atomic mass is 35.5. The lowest BCUT2D eigenvalue weighted by atomic mass is 10.1. The number of hydrogen-bond donors (Lipinski definition) is 1. The van der Waals surface area contributed by atoms with Crippen LogP contribution in [-0.4, -0.2) is 23.9 Å². The normalized spacial score (nSPS) is 11.9. The zero-order chi connectivity index (χ0) is 23.0. The van der Waals surface area contributed by atoms with E-state index in [2.05, 4.69) is 4.72 Å². The van der Waals surface area contributed by atoms with Gasteiger partial charge in [-0.1, -0.05) is 17.7 Å². The van der Waals surface area contributed by atoms with Gasteiger partial charge in [-0.25, -0.2) is 21.2 Å². The maximum atomic E-state index is 13.1. The van der Waals surface area contributed by atoms with Crippen molar-refractivity contribution < 1.29 is 21.2 Å². The minimum absolute atomic E-state index is 0.0240. The molecule has 164 valence electrons. The summed E-state index contributed by atoms with van der Waals surface area (Å²) in [5, 5.41) is 0.397. The summed E-state index contributed by atoms with van der Waals surface area (Å²) in [7, 11) is -6.65. The van der Waals surface area contributed by atoms with E-state index in [1.165, 1.54) is 62.5 Å². The fraction of sp³-hybridized carbons (Fsp3) is 0.143. The van der Waals surface area contributed by atoms with Gasteiger partial charge in [-0.05, 0) is 79.6 Å². The van der Waals surface area contributed by atoms with Crippen molar-refractivity contribution in [2.45, 2.75) is 23.6 Å². The molecule has 0 atom stereocenters. The Morgan fingerprint density at radius 2 is 1.45 bits per heavy atom. The van der Waals surface area contributed by atoms with Crippen molar-refractivity contribution in [3.63, 3.8) is 0 Å². The van der Waals surface area contributed by atoms with Crippen molar-refractivity contribution in [2.75, 3.05) is 16.1 Å². The molecule has 31 heavy (non-hydrogen) atoms. The molecule has 6 nitrogen and oxygen atoms in total. The van der Waals surface area contributed by atoms with Gasteiger partial charge >= 0.3 is 0 Å². The first-order valence-electron chi connectivity index (χ1n) is 9.06. The highest BCUT2D eigenvalue weighted by Gasteiger charge is 2.27. The molecule has 0 saturated heterocycles. The van der Waals surface area contributed by atoms with Gasteiger partial charge in [-0.2, -0.15) is 0 Å². The van der Waals surface area contributed by atoms with Crippen LogP contribution in [0, 0.1) is 19.7 Å². The van der Waals surface area contributed by atoms with Gasteiger partial charge < -0.3 is 0 Å². The third kappa shape index (κ3) is 4.68. The van der Waals surface area contributed by atoms with E-state index in [0.29, 0.717) is 10.6 Å². The summed E-state index contributed by atoms with van der Waals surface area (Å²) in [6.07, 6.45) is 0. The van der Waals surface area contributed by atoms with Crippen LogP contribution in [0.2, 0.25) is 5.02 Å². The summed E-state index contributed by atoms with van der Waals surface area (Å²) in [4.78, 5) is -0.0634. The molecule has 0 radical (unpaired) electrons. The van der Waals surface area contributed by atoms with Crippen molar-refractivity contribution in [1.82, 2.24) is 0 Å². The molecule has 0 saturated carbocycles. The molecular formula is C21H20ClFN2O4S2. The molecule has 0 unspecified atom stereocenters. The monoisotopic (exact) mass is 482 g/mol. The van der Waals surface area contributed by atoms with E-state index >= 15 is 0 Å². The maximum Gasteiger partial charge on any atom is 0.264 e. The van der Waals surface area contributed by atoms with Crippen molar-refractivity contribution in [3.8, 4) is 0 Å². The lowest BCUT2D eigenvalue weighted by molar-refractivity contribution is 0.593. The molecule has 1 N–H and O–H groups in total. The Hall–Kier alpha value is -2.62. The third-order valence-corrected chi connectivity index (χ3v) is 8.31. The van der Waals surface area contributed by atoms with Crippen LogP contribution in [0.4, 0.5) is 15.8 Å². The predicted molar refractivity (Wildman–Crippen MR) is 120 cm³/mol. The Morgan fingerprint density at radius 3 is 2.03 bits per heavy atom. The minimum Gasteiger partial charge on any atom is -0.280 e. The standard InChI is InChI=1S/C21H20ClFN2O4S2/c1-14-4-13-20(30(26,27)24-18-9-7-17(23)8-10-18)15(2)21(14)25(3)31(28,29)19-11-5-16(22)6-12-19/h4-13,24H,1-3H3. The van der Waals surface area contributed by atoms with E-state index in [4.69, 9.17) is 11.6 Å². The van der Waals surface area contributed by atoms with Crippen LogP contribution in [0.15, 0.2) is 70.5 Å². The second kappa shape index (κ2) is 8.49. The quantitative estimate of drug-likeness (QED) is 0.551. The smallest absolute Gasteiger partial charge is 0.264 e. The SMILES string of the molecule is Cc1ccc(S(=O)(=O)Nc2ccc(F)cc2)c(C)c1N(C)S(=O)(=O)c1ccc(Cl)cc1. The van der Waals surface area contributed by atoms with E-state index in [1.54, 1.807) is 6.92 Å². The molecule has 0 aromatic heterocycles. The molecule has 3 rings (SSSR count). The second-order valence-corrected chi connectivity index (χ2v) is 10.9. The van der Waals surface area contributed by atoms with Gasteiger partial charge in [0.25, 0.3) is 20.0 Å². The molecule has 10 heteroatoms. The molecule has 3 aromatic rings. The summed E-state index contributed by atoms with van der Waals surface area (Å²) in [6, 6.07) is 13.5. The molecular weight excluding hydrogens is 463 g/mol. The lowest BCUT2D eigenvalue weighted by Gasteiger charge is -2.25. The first kappa shape index (κ1) is 23.1. The average molecular weight is 483 g/mol. The number of benzene rings is 3. The molecule has 3 aromatic carbocycles. The fourth-order valence-corrected chi connectivity index (χ4v) is 5.95. The molecule has 0 bridgehead atoms. The van der Waals surface area contributed by atoms with E-state index in [-0.39, 0.29) is 26.7 Å². The number of hydrogen-bond acceptors (Lipinski definition) is 4. The number of anilines is 2. The van der Waals surface area contributed by atoms with E-state index in [0.717, 1.165) is 16.4 Å². The molecule has 0 aliphatic heterocycles. The molecule has 0 aliphatic carbocycles. The van der Waals surface area contributed by atoms with Crippen LogP contribution < -0.4 is 9.03 Å². The Kier molecular flexibility index (Phi) is 6.31. The minimum atomic E-state index is -4.06. The zero-order valence-electron chi connectivity index (χ0n) is 16.9.